The molecule has 1 aromatic carbocycles. The predicted molar refractivity (Wildman–Crippen MR) is 96.2 cm³/mol. The van der Waals surface area contributed by atoms with Crippen molar-refractivity contribution in [1.82, 2.24) is 29.6 Å². The van der Waals surface area contributed by atoms with E-state index in [1.54, 1.807) is 10.7 Å². The Balaban J connectivity index is 1.63. The molecule has 1 N–H and O–H groups in total. The molecule has 4 aromatic rings. The minimum atomic E-state index is 0.154. The molecule has 0 aliphatic rings. The summed E-state index contributed by atoms with van der Waals surface area (Å²) in [6.07, 6.45) is 3.75. The maximum Gasteiger partial charge on any atom is 0.185 e. The van der Waals surface area contributed by atoms with Gasteiger partial charge >= 0.3 is 0 Å². The molecule has 126 valence electrons. The van der Waals surface area contributed by atoms with Crippen LogP contribution in [0.15, 0.2) is 60.9 Å². The molecule has 0 unspecified atom stereocenters. The lowest BCUT2D eigenvalue weighted by Crippen LogP contribution is -2.27. The number of nitrogens with zero attached hydrogens (tertiary/aromatic N) is 6. The number of hydrogen-bond acceptors (Lipinski definition) is 5. The van der Waals surface area contributed by atoms with Crippen LogP contribution in [0.3, 0.4) is 0 Å². The second-order valence-corrected chi connectivity index (χ2v) is 6.04. The highest BCUT2D eigenvalue weighted by atomic mass is 15.4. The third-order valence-corrected chi connectivity index (χ3v) is 4.34. The molecule has 0 saturated carbocycles. The number of aromatic nitrogens is 6. The molecule has 7 heteroatoms. The first-order valence-electron chi connectivity index (χ1n) is 8.26. The van der Waals surface area contributed by atoms with Gasteiger partial charge in [0.05, 0.1) is 6.04 Å². The average Bonchev–Trinajstić information content (AvgIpc) is 3.31. The Labute approximate surface area is 145 Å². The third kappa shape index (κ3) is 2.96. The SMILES string of the molecule is C[C@H]([C@@H](C)Nc1ccc2nnc(-c3ccccc3)n2n1)n1cccn1. The lowest BCUT2D eigenvalue weighted by atomic mass is 10.2. The zero-order valence-electron chi connectivity index (χ0n) is 14.1. The van der Waals surface area contributed by atoms with Crippen molar-refractivity contribution in [2.24, 2.45) is 0 Å². The van der Waals surface area contributed by atoms with Crippen molar-refractivity contribution in [3.8, 4) is 11.4 Å². The molecule has 0 spiro atoms. The van der Waals surface area contributed by atoms with E-state index in [2.05, 4.69) is 39.6 Å². The van der Waals surface area contributed by atoms with Gasteiger partial charge in [-0.25, -0.2) is 0 Å². The van der Waals surface area contributed by atoms with E-state index in [0.29, 0.717) is 0 Å². The Morgan fingerprint density at radius 1 is 0.960 bits per heavy atom. The molecule has 7 nitrogen and oxygen atoms in total. The fourth-order valence-electron chi connectivity index (χ4n) is 2.74. The second-order valence-electron chi connectivity index (χ2n) is 6.04. The third-order valence-electron chi connectivity index (χ3n) is 4.34. The lowest BCUT2D eigenvalue weighted by Gasteiger charge is -2.22. The van der Waals surface area contributed by atoms with Gasteiger partial charge in [0, 0.05) is 24.0 Å². The summed E-state index contributed by atoms with van der Waals surface area (Å²) in [4.78, 5) is 0. The fraction of sp³-hybridized carbons (Fsp3) is 0.222. The standard InChI is InChI=1S/C18H19N7/c1-13(14(2)24-12-6-11-19-24)20-16-9-10-17-21-22-18(25(17)23-16)15-7-4-3-5-8-15/h3-14H,1-2H3,(H,20,23)/t13-,14-/m1/s1. The van der Waals surface area contributed by atoms with E-state index >= 15 is 0 Å². The van der Waals surface area contributed by atoms with Gasteiger partial charge < -0.3 is 5.32 Å². The molecular formula is C18H19N7. The minimum absolute atomic E-state index is 0.154. The van der Waals surface area contributed by atoms with Gasteiger partial charge in [0.25, 0.3) is 0 Å². The van der Waals surface area contributed by atoms with Crippen molar-refractivity contribution < 1.29 is 0 Å². The summed E-state index contributed by atoms with van der Waals surface area (Å²) >= 11 is 0. The van der Waals surface area contributed by atoms with Crippen LogP contribution < -0.4 is 5.32 Å². The van der Waals surface area contributed by atoms with E-state index in [0.717, 1.165) is 22.9 Å². The molecule has 0 fully saturated rings. The van der Waals surface area contributed by atoms with Gasteiger partial charge in [-0.2, -0.15) is 9.61 Å². The zero-order valence-corrected chi connectivity index (χ0v) is 14.1. The van der Waals surface area contributed by atoms with Crippen LogP contribution >= 0.6 is 0 Å². The highest BCUT2D eigenvalue weighted by Crippen LogP contribution is 2.19. The van der Waals surface area contributed by atoms with Crippen LogP contribution in [0.1, 0.15) is 19.9 Å². The van der Waals surface area contributed by atoms with E-state index in [1.165, 1.54) is 0 Å². The summed E-state index contributed by atoms with van der Waals surface area (Å²) in [6.45, 7) is 4.24. The first-order valence-corrected chi connectivity index (χ1v) is 8.26. The van der Waals surface area contributed by atoms with Crippen molar-refractivity contribution in [3.63, 3.8) is 0 Å². The normalized spacial score (nSPS) is 13.7. The molecule has 25 heavy (non-hydrogen) atoms. The molecule has 4 rings (SSSR count). The largest absolute Gasteiger partial charge is 0.364 e. The van der Waals surface area contributed by atoms with Crippen LogP contribution in [0.4, 0.5) is 5.82 Å². The van der Waals surface area contributed by atoms with E-state index in [9.17, 15) is 0 Å². The van der Waals surface area contributed by atoms with Crippen molar-refractivity contribution >= 4 is 11.5 Å². The number of rotatable bonds is 5. The van der Waals surface area contributed by atoms with Crippen LogP contribution in [0.5, 0.6) is 0 Å². The molecular weight excluding hydrogens is 314 g/mol. The molecule has 3 aromatic heterocycles. The Morgan fingerprint density at radius 3 is 2.56 bits per heavy atom. The first kappa shape index (κ1) is 15.3. The monoisotopic (exact) mass is 333 g/mol. The molecule has 3 heterocycles. The quantitative estimate of drug-likeness (QED) is 0.608. The van der Waals surface area contributed by atoms with Gasteiger partial charge in [-0.1, -0.05) is 30.3 Å². The minimum Gasteiger partial charge on any atom is -0.364 e. The van der Waals surface area contributed by atoms with Gasteiger partial charge in [-0.05, 0) is 32.0 Å². The Bertz CT molecular complexity index is 960. The first-order chi connectivity index (χ1) is 12.2. The molecule has 0 aliphatic carbocycles. The highest BCUT2D eigenvalue weighted by Gasteiger charge is 2.16. The van der Waals surface area contributed by atoms with Gasteiger partial charge in [0.15, 0.2) is 11.5 Å². The maximum absolute atomic E-state index is 4.67. The van der Waals surface area contributed by atoms with Crippen LogP contribution in [-0.2, 0) is 0 Å². The van der Waals surface area contributed by atoms with E-state index < -0.39 is 0 Å². The molecule has 0 bridgehead atoms. The van der Waals surface area contributed by atoms with Gasteiger partial charge in [-0.15, -0.1) is 15.3 Å². The van der Waals surface area contributed by atoms with Crippen LogP contribution in [0, 0.1) is 0 Å². The summed E-state index contributed by atoms with van der Waals surface area (Å²) < 4.78 is 3.70. The summed E-state index contributed by atoms with van der Waals surface area (Å²) in [6, 6.07) is 16.1. The Hall–Kier alpha value is -3.22. The summed E-state index contributed by atoms with van der Waals surface area (Å²) in [7, 11) is 0. The van der Waals surface area contributed by atoms with Gasteiger partial charge in [0.2, 0.25) is 0 Å². The van der Waals surface area contributed by atoms with Crippen molar-refractivity contribution in [3.05, 3.63) is 60.9 Å². The number of benzene rings is 1. The van der Waals surface area contributed by atoms with E-state index in [4.69, 9.17) is 0 Å². The average molecular weight is 333 g/mol. The smallest absolute Gasteiger partial charge is 0.185 e. The predicted octanol–water partition coefficient (Wildman–Crippen LogP) is 3.05. The van der Waals surface area contributed by atoms with Crippen LogP contribution in [-0.4, -0.2) is 35.6 Å². The zero-order chi connectivity index (χ0) is 17.2. The maximum atomic E-state index is 4.67. The number of anilines is 1. The highest BCUT2D eigenvalue weighted by molar-refractivity contribution is 5.59. The van der Waals surface area contributed by atoms with E-state index in [-0.39, 0.29) is 12.1 Å². The molecule has 0 amide bonds. The number of hydrogen-bond donors (Lipinski definition) is 1. The van der Waals surface area contributed by atoms with Gasteiger partial charge in [0.1, 0.15) is 5.82 Å². The summed E-state index contributed by atoms with van der Waals surface area (Å²) in [5.74, 6) is 1.50. The Morgan fingerprint density at radius 2 is 1.80 bits per heavy atom. The van der Waals surface area contributed by atoms with Crippen molar-refractivity contribution in [1.29, 1.82) is 0 Å². The van der Waals surface area contributed by atoms with Gasteiger partial charge in [-0.3, -0.25) is 4.68 Å². The summed E-state index contributed by atoms with van der Waals surface area (Å²) in [5, 5.41) is 20.9. The number of fused-ring (bicyclic) bond motifs is 1. The molecule has 0 radical (unpaired) electrons. The fourth-order valence-corrected chi connectivity index (χ4v) is 2.74. The second kappa shape index (κ2) is 6.35. The number of nitrogens with one attached hydrogen (secondary N) is 1. The van der Waals surface area contributed by atoms with Crippen LogP contribution in [0.25, 0.3) is 17.0 Å². The molecule has 0 saturated heterocycles. The Kier molecular flexibility index (Phi) is 3.89. The van der Waals surface area contributed by atoms with E-state index in [1.807, 2.05) is 59.4 Å². The summed E-state index contributed by atoms with van der Waals surface area (Å²) in [5.41, 5.74) is 1.70. The lowest BCUT2D eigenvalue weighted by molar-refractivity contribution is 0.442. The molecule has 0 aliphatic heterocycles. The van der Waals surface area contributed by atoms with Crippen molar-refractivity contribution in [2.45, 2.75) is 25.9 Å². The topological polar surface area (TPSA) is 72.9 Å². The molecule has 2 atom stereocenters. The van der Waals surface area contributed by atoms with Crippen molar-refractivity contribution in [2.75, 3.05) is 5.32 Å². The van der Waals surface area contributed by atoms with Crippen LogP contribution in [0.2, 0.25) is 0 Å².